The first-order chi connectivity index (χ1) is 5.93. The predicted octanol–water partition coefficient (Wildman–Crippen LogP) is 0.763. The number of esters is 1. The molecule has 4 nitrogen and oxygen atoms in total. The smallest absolute Gasteiger partial charge is 0.324 e. The molecule has 0 aliphatic rings. The molecule has 0 aromatic carbocycles. The van der Waals surface area contributed by atoms with Crippen molar-refractivity contribution in [3.8, 4) is 0 Å². The van der Waals surface area contributed by atoms with Gasteiger partial charge >= 0.3 is 5.97 Å². The third kappa shape index (κ3) is 4.26. The van der Waals surface area contributed by atoms with Crippen LogP contribution in [0, 0.1) is 0 Å². The zero-order valence-corrected chi connectivity index (χ0v) is 9.06. The van der Waals surface area contributed by atoms with Gasteiger partial charge in [0.25, 0.3) is 0 Å². The van der Waals surface area contributed by atoms with E-state index >= 15 is 0 Å². The van der Waals surface area contributed by atoms with Crippen molar-refractivity contribution in [1.82, 2.24) is 0 Å². The topological polar surface area (TPSA) is 60.4 Å². The van der Waals surface area contributed by atoms with Crippen LogP contribution in [0.3, 0.4) is 0 Å². The van der Waals surface area contributed by atoms with Gasteiger partial charge in [-0.2, -0.15) is 0 Å². The number of sulfone groups is 1. The fourth-order valence-electron chi connectivity index (χ4n) is 1.00. The Morgan fingerprint density at radius 2 is 1.92 bits per heavy atom. The third-order valence-electron chi connectivity index (χ3n) is 1.62. The normalized spacial score (nSPS) is 13.8. The van der Waals surface area contributed by atoms with Crippen molar-refractivity contribution in [2.24, 2.45) is 0 Å². The van der Waals surface area contributed by atoms with Crippen LogP contribution in [0.4, 0.5) is 0 Å². The van der Waals surface area contributed by atoms with E-state index in [0.717, 1.165) is 6.26 Å². The second-order valence-electron chi connectivity index (χ2n) is 2.86. The first-order valence-electron chi connectivity index (χ1n) is 4.29. The molecule has 0 aromatic heterocycles. The molecule has 0 aliphatic heterocycles. The molecule has 0 bridgehead atoms. The molecule has 0 saturated carbocycles. The Bertz CT molecular complexity index is 255. The van der Waals surface area contributed by atoms with Crippen molar-refractivity contribution >= 4 is 15.8 Å². The van der Waals surface area contributed by atoms with Crippen molar-refractivity contribution < 1.29 is 17.9 Å². The molecule has 0 amide bonds. The van der Waals surface area contributed by atoms with Gasteiger partial charge in [0, 0.05) is 6.26 Å². The Labute approximate surface area is 79.2 Å². The largest absolute Gasteiger partial charge is 0.465 e. The van der Waals surface area contributed by atoms with Crippen LogP contribution >= 0.6 is 0 Å². The minimum atomic E-state index is -3.32. The third-order valence-corrected chi connectivity index (χ3v) is 3.08. The lowest BCUT2D eigenvalue weighted by molar-refractivity contribution is -0.142. The molecule has 0 fully saturated rings. The Morgan fingerprint density at radius 3 is 2.23 bits per heavy atom. The molecule has 1 unspecified atom stereocenters. The molecule has 5 heteroatoms. The number of carbonyl (C=O) groups excluding carboxylic acids is 1. The average Bonchev–Trinajstić information content (AvgIpc) is 1.98. The zero-order chi connectivity index (χ0) is 10.5. The van der Waals surface area contributed by atoms with E-state index < -0.39 is 21.1 Å². The molecule has 1 atom stereocenters. The van der Waals surface area contributed by atoms with Gasteiger partial charge in [-0.15, -0.1) is 0 Å². The highest BCUT2D eigenvalue weighted by Gasteiger charge is 2.28. The van der Waals surface area contributed by atoms with Crippen LogP contribution in [-0.2, 0) is 19.4 Å². The Morgan fingerprint density at radius 1 is 1.38 bits per heavy atom. The lowest BCUT2D eigenvalue weighted by Crippen LogP contribution is -2.31. The quantitative estimate of drug-likeness (QED) is 0.626. The van der Waals surface area contributed by atoms with Crippen LogP contribution in [0.25, 0.3) is 0 Å². The Balaban J connectivity index is 4.52. The molecule has 0 heterocycles. The second kappa shape index (κ2) is 5.21. The summed E-state index contributed by atoms with van der Waals surface area (Å²) in [6.07, 6.45) is 2.04. The van der Waals surface area contributed by atoms with Crippen LogP contribution in [0.15, 0.2) is 0 Å². The van der Waals surface area contributed by atoms with E-state index in [1.165, 1.54) is 0 Å². The van der Waals surface area contributed by atoms with Crippen LogP contribution in [-0.4, -0.2) is 32.5 Å². The van der Waals surface area contributed by atoms with Gasteiger partial charge in [0.15, 0.2) is 15.1 Å². The molecule has 0 aromatic rings. The molecule has 0 aliphatic carbocycles. The van der Waals surface area contributed by atoms with Crippen LogP contribution in [0.1, 0.15) is 26.7 Å². The summed E-state index contributed by atoms with van der Waals surface area (Å²) in [6, 6.07) is 0. The van der Waals surface area contributed by atoms with E-state index in [4.69, 9.17) is 0 Å². The highest BCUT2D eigenvalue weighted by molar-refractivity contribution is 7.92. The predicted molar refractivity (Wildman–Crippen MR) is 50.2 cm³/mol. The second-order valence-corrected chi connectivity index (χ2v) is 5.09. The van der Waals surface area contributed by atoms with Crippen molar-refractivity contribution in [3.63, 3.8) is 0 Å². The molecule has 0 radical (unpaired) electrons. The van der Waals surface area contributed by atoms with E-state index in [9.17, 15) is 13.2 Å². The number of carbonyl (C=O) groups is 1. The first kappa shape index (κ1) is 12.4. The van der Waals surface area contributed by atoms with Gasteiger partial charge in [-0.3, -0.25) is 4.79 Å². The van der Waals surface area contributed by atoms with Gasteiger partial charge in [0.1, 0.15) is 0 Å². The van der Waals surface area contributed by atoms with Gasteiger partial charge in [-0.1, -0.05) is 13.3 Å². The van der Waals surface area contributed by atoms with Crippen molar-refractivity contribution in [2.75, 3.05) is 12.9 Å². The van der Waals surface area contributed by atoms with E-state index in [2.05, 4.69) is 4.74 Å². The van der Waals surface area contributed by atoms with Crippen molar-refractivity contribution in [2.45, 2.75) is 31.9 Å². The maximum absolute atomic E-state index is 11.2. The summed E-state index contributed by atoms with van der Waals surface area (Å²) < 4.78 is 26.9. The molecule has 13 heavy (non-hydrogen) atoms. The number of hydrogen-bond acceptors (Lipinski definition) is 4. The molecule has 0 N–H and O–H groups in total. The van der Waals surface area contributed by atoms with Gasteiger partial charge < -0.3 is 4.74 Å². The molecular weight excluding hydrogens is 192 g/mol. The standard InChI is InChI=1S/C8H16O4S/c1-4-6-7(13(3,10)11)8(9)12-5-2/h7H,4-6H2,1-3H3. The van der Waals surface area contributed by atoms with Gasteiger partial charge in [0.05, 0.1) is 6.61 Å². The summed E-state index contributed by atoms with van der Waals surface area (Å²) >= 11 is 0. The minimum Gasteiger partial charge on any atom is -0.465 e. The fraction of sp³-hybridized carbons (Fsp3) is 0.875. The summed E-state index contributed by atoms with van der Waals surface area (Å²) in [5, 5.41) is -0.988. The number of rotatable bonds is 5. The van der Waals surface area contributed by atoms with Crippen LogP contribution in [0.2, 0.25) is 0 Å². The average molecular weight is 208 g/mol. The molecule has 0 rings (SSSR count). The van der Waals surface area contributed by atoms with E-state index in [1.54, 1.807) is 6.92 Å². The van der Waals surface area contributed by atoms with Crippen molar-refractivity contribution in [1.29, 1.82) is 0 Å². The summed E-state index contributed by atoms with van der Waals surface area (Å²) in [6.45, 7) is 3.70. The van der Waals surface area contributed by atoms with Gasteiger partial charge in [-0.25, -0.2) is 8.42 Å². The van der Waals surface area contributed by atoms with Crippen LogP contribution in [0.5, 0.6) is 0 Å². The molecular formula is C8H16O4S. The maximum Gasteiger partial charge on any atom is 0.324 e. The molecule has 0 saturated heterocycles. The molecule has 78 valence electrons. The summed E-state index contributed by atoms with van der Waals surface area (Å²) in [4.78, 5) is 11.2. The number of ether oxygens (including phenoxy) is 1. The van der Waals surface area contributed by atoms with E-state index in [1.807, 2.05) is 6.92 Å². The lowest BCUT2D eigenvalue weighted by atomic mass is 10.2. The highest BCUT2D eigenvalue weighted by atomic mass is 32.2. The molecule has 0 spiro atoms. The SMILES string of the molecule is CCCC(C(=O)OCC)S(C)(=O)=O. The summed E-state index contributed by atoms with van der Waals surface area (Å²) in [5.41, 5.74) is 0. The highest BCUT2D eigenvalue weighted by Crippen LogP contribution is 2.09. The fourth-order valence-corrected chi connectivity index (χ4v) is 2.09. The summed E-state index contributed by atoms with van der Waals surface area (Å²) in [7, 11) is -3.32. The van der Waals surface area contributed by atoms with Crippen LogP contribution < -0.4 is 0 Å². The van der Waals surface area contributed by atoms with Crippen molar-refractivity contribution in [3.05, 3.63) is 0 Å². The number of hydrogen-bond donors (Lipinski definition) is 0. The van der Waals surface area contributed by atoms with E-state index in [-0.39, 0.29) is 6.61 Å². The van der Waals surface area contributed by atoms with Gasteiger partial charge in [0.2, 0.25) is 0 Å². The minimum absolute atomic E-state index is 0.217. The first-order valence-corrected chi connectivity index (χ1v) is 6.24. The Hall–Kier alpha value is -0.580. The Kier molecular flexibility index (Phi) is 4.98. The zero-order valence-electron chi connectivity index (χ0n) is 8.24. The lowest BCUT2D eigenvalue weighted by Gasteiger charge is -2.11. The monoisotopic (exact) mass is 208 g/mol. The summed E-state index contributed by atoms with van der Waals surface area (Å²) in [5.74, 6) is -0.633. The maximum atomic E-state index is 11.2. The van der Waals surface area contributed by atoms with Gasteiger partial charge in [-0.05, 0) is 13.3 Å². The van der Waals surface area contributed by atoms with E-state index in [0.29, 0.717) is 12.8 Å².